The zero-order chi connectivity index (χ0) is 25.9. The minimum atomic E-state index is -1.94. The number of rotatable bonds is 10. The number of halogens is 1. The molecule has 0 saturated heterocycles. The third kappa shape index (κ3) is 5.18. The van der Waals surface area contributed by atoms with Crippen LogP contribution in [0.5, 0.6) is 0 Å². The van der Waals surface area contributed by atoms with Crippen molar-refractivity contribution in [2.24, 2.45) is 5.92 Å². The molecular formula is C25H26IN5O5. The number of aryl methyl sites for hydroxylation is 1. The molecule has 1 aliphatic heterocycles. The number of amides is 1. The lowest BCUT2D eigenvalue weighted by atomic mass is 9.82. The van der Waals surface area contributed by atoms with Crippen LogP contribution in [0.2, 0.25) is 0 Å². The van der Waals surface area contributed by atoms with E-state index in [2.05, 4.69) is 32.9 Å². The summed E-state index contributed by atoms with van der Waals surface area (Å²) in [7, 11) is 0. The van der Waals surface area contributed by atoms with Crippen LogP contribution < -0.4 is 4.90 Å². The molecule has 4 rings (SSSR count). The number of allylic oxidation sites excluding steroid dienone is 1. The summed E-state index contributed by atoms with van der Waals surface area (Å²) >= 11 is 2.20. The molecule has 0 saturated carbocycles. The fraction of sp³-hybridized carbons (Fsp3) is 0.320. The molecule has 1 amide bonds. The fourth-order valence-corrected chi connectivity index (χ4v) is 4.66. The van der Waals surface area contributed by atoms with Crippen molar-refractivity contribution in [2.75, 3.05) is 11.5 Å². The van der Waals surface area contributed by atoms with E-state index in [1.807, 2.05) is 30.3 Å². The predicted molar refractivity (Wildman–Crippen MR) is 141 cm³/mol. The maximum absolute atomic E-state index is 13.6. The van der Waals surface area contributed by atoms with Gasteiger partial charge in [0.1, 0.15) is 0 Å². The molecule has 0 aliphatic carbocycles. The number of carbonyl (C=O) groups excluding carboxylic acids is 1. The van der Waals surface area contributed by atoms with Crippen molar-refractivity contribution in [3.05, 3.63) is 91.3 Å². The summed E-state index contributed by atoms with van der Waals surface area (Å²) in [5.41, 5.74) is 0.154. The molecule has 1 aromatic heterocycles. The number of hydrogen-bond acceptors (Lipinski definition) is 7. The van der Waals surface area contributed by atoms with Crippen molar-refractivity contribution in [3.63, 3.8) is 0 Å². The maximum Gasteiger partial charge on any atom is 0.269 e. The molecule has 0 radical (unpaired) electrons. The highest BCUT2D eigenvalue weighted by molar-refractivity contribution is 14.1. The molecule has 0 fully saturated rings. The number of benzene rings is 2. The second-order valence-corrected chi connectivity index (χ2v) is 9.94. The molecule has 11 heteroatoms. The molecule has 0 bridgehead atoms. The van der Waals surface area contributed by atoms with Gasteiger partial charge in [0.15, 0.2) is 5.60 Å². The van der Waals surface area contributed by atoms with Gasteiger partial charge in [0, 0.05) is 53.0 Å². The average Bonchev–Trinajstić information content (AvgIpc) is 3.40. The van der Waals surface area contributed by atoms with Crippen molar-refractivity contribution < 1.29 is 19.9 Å². The monoisotopic (exact) mass is 603 g/mol. The van der Waals surface area contributed by atoms with Gasteiger partial charge in [-0.15, -0.1) is 5.10 Å². The second-order valence-electron chi connectivity index (χ2n) is 8.69. The Hall–Kier alpha value is -3.16. The lowest BCUT2D eigenvalue weighted by molar-refractivity contribution is -0.385. The second kappa shape index (κ2) is 10.8. The zero-order valence-corrected chi connectivity index (χ0v) is 21.8. The molecule has 188 valence electrons. The van der Waals surface area contributed by atoms with Crippen LogP contribution in [0, 0.1) is 19.6 Å². The third-order valence-corrected chi connectivity index (χ3v) is 7.00. The Bertz CT molecular complexity index is 1290. The minimum absolute atomic E-state index is 0.00293. The maximum atomic E-state index is 13.6. The SMILES string of the molecule is C[C@@H](/C=C/CCn1cc(CCO)nn1)[C@]1(O)C(=O)N(Cc2ccc(I)cc2)c2ccc([N+](=O)[O-])cc21. The van der Waals surface area contributed by atoms with Gasteiger partial charge in [-0.25, -0.2) is 0 Å². The highest BCUT2D eigenvalue weighted by atomic mass is 127. The third-order valence-electron chi connectivity index (χ3n) is 6.28. The van der Waals surface area contributed by atoms with Gasteiger partial charge in [0.25, 0.3) is 11.6 Å². The van der Waals surface area contributed by atoms with E-state index in [9.17, 15) is 20.0 Å². The fourth-order valence-electron chi connectivity index (χ4n) is 4.30. The summed E-state index contributed by atoms with van der Waals surface area (Å²) in [6, 6.07) is 11.9. The number of nitro groups is 1. The molecular weight excluding hydrogens is 577 g/mol. The van der Waals surface area contributed by atoms with Gasteiger partial charge in [-0.05, 0) is 52.8 Å². The van der Waals surface area contributed by atoms with Gasteiger partial charge in [-0.1, -0.05) is 36.4 Å². The number of anilines is 1. The number of aliphatic hydroxyl groups excluding tert-OH is 1. The number of nitrogens with zero attached hydrogens (tertiary/aromatic N) is 5. The normalized spacial score (nSPS) is 18.1. The lowest BCUT2D eigenvalue weighted by Gasteiger charge is -2.27. The number of aromatic nitrogens is 3. The first-order chi connectivity index (χ1) is 17.2. The minimum Gasteiger partial charge on any atom is -0.396 e. The van der Waals surface area contributed by atoms with E-state index in [4.69, 9.17) is 5.11 Å². The van der Waals surface area contributed by atoms with Crippen molar-refractivity contribution in [2.45, 2.75) is 38.5 Å². The Balaban J connectivity index is 1.57. The number of carbonyl (C=O) groups is 1. The molecule has 0 spiro atoms. The van der Waals surface area contributed by atoms with E-state index in [0.717, 1.165) is 9.13 Å². The first-order valence-corrected chi connectivity index (χ1v) is 12.6. The average molecular weight is 603 g/mol. The number of fused-ring (bicyclic) bond motifs is 1. The predicted octanol–water partition coefficient (Wildman–Crippen LogP) is 3.34. The molecule has 1 aliphatic rings. The summed E-state index contributed by atoms with van der Waals surface area (Å²) in [5, 5.41) is 40.2. The zero-order valence-electron chi connectivity index (χ0n) is 19.6. The van der Waals surface area contributed by atoms with Gasteiger partial charge in [0.05, 0.1) is 22.8 Å². The van der Waals surface area contributed by atoms with Crippen LogP contribution in [0.15, 0.2) is 60.8 Å². The van der Waals surface area contributed by atoms with E-state index < -0.39 is 22.3 Å². The molecule has 3 aromatic rings. The van der Waals surface area contributed by atoms with Crippen LogP contribution in [0.1, 0.15) is 30.2 Å². The van der Waals surface area contributed by atoms with E-state index in [1.165, 1.54) is 23.1 Å². The standard InChI is InChI=1S/C25H26IN5O5/c1-17(4-2-3-12-29-16-20(11-13-32)27-28-29)25(34)22-14-21(31(35)36)9-10-23(22)30(24(25)33)15-18-5-7-19(26)8-6-18/h2,4-10,14,16-17,32,34H,3,11-13,15H2,1H3/b4-2+/t17-,25+/m0/s1. The Kier molecular flexibility index (Phi) is 7.81. The lowest BCUT2D eigenvalue weighted by Crippen LogP contribution is -2.44. The molecule has 10 nitrogen and oxygen atoms in total. The Labute approximate surface area is 221 Å². The van der Waals surface area contributed by atoms with Crippen LogP contribution in [-0.4, -0.2) is 42.6 Å². The number of nitro benzene ring substituents is 1. The summed E-state index contributed by atoms with van der Waals surface area (Å²) in [4.78, 5) is 26.0. The van der Waals surface area contributed by atoms with Gasteiger partial charge < -0.3 is 15.1 Å². The van der Waals surface area contributed by atoms with Crippen LogP contribution in [0.25, 0.3) is 0 Å². The van der Waals surface area contributed by atoms with Crippen molar-refractivity contribution in [1.82, 2.24) is 15.0 Å². The highest BCUT2D eigenvalue weighted by Gasteiger charge is 2.53. The summed E-state index contributed by atoms with van der Waals surface area (Å²) in [5.74, 6) is -1.16. The first-order valence-electron chi connectivity index (χ1n) is 11.5. The summed E-state index contributed by atoms with van der Waals surface area (Å²) in [6.07, 6.45) is 6.37. The number of non-ortho nitro benzene ring substituents is 1. The van der Waals surface area contributed by atoms with Crippen molar-refractivity contribution in [3.8, 4) is 0 Å². The topological polar surface area (TPSA) is 135 Å². The Morgan fingerprint density at radius 3 is 2.69 bits per heavy atom. The van der Waals surface area contributed by atoms with Crippen molar-refractivity contribution >= 4 is 39.9 Å². The molecule has 2 heterocycles. The largest absolute Gasteiger partial charge is 0.396 e. The molecule has 2 N–H and O–H groups in total. The van der Waals surface area contributed by atoms with Crippen molar-refractivity contribution in [1.29, 1.82) is 0 Å². The van der Waals surface area contributed by atoms with Crippen LogP contribution in [0.3, 0.4) is 0 Å². The molecule has 0 unspecified atom stereocenters. The van der Waals surface area contributed by atoms with E-state index in [0.29, 0.717) is 30.8 Å². The van der Waals surface area contributed by atoms with Gasteiger partial charge in [0.2, 0.25) is 0 Å². The Morgan fingerprint density at radius 1 is 1.25 bits per heavy atom. The van der Waals surface area contributed by atoms with E-state index >= 15 is 0 Å². The highest BCUT2D eigenvalue weighted by Crippen LogP contribution is 2.47. The van der Waals surface area contributed by atoms with Crippen LogP contribution in [0.4, 0.5) is 11.4 Å². The molecule has 36 heavy (non-hydrogen) atoms. The summed E-state index contributed by atoms with van der Waals surface area (Å²) in [6.45, 7) is 2.50. The van der Waals surface area contributed by atoms with Gasteiger partial charge >= 0.3 is 0 Å². The number of hydrogen-bond donors (Lipinski definition) is 2. The first kappa shape index (κ1) is 25.9. The smallest absolute Gasteiger partial charge is 0.269 e. The van der Waals surface area contributed by atoms with Crippen LogP contribution in [-0.2, 0) is 29.9 Å². The van der Waals surface area contributed by atoms with Gasteiger partial charge in [-0.2, -0.15) is 0 Å². The summed E-state index contributed by atoms with van der Waals surface area (Å²) < 4.78 is 2.72. The van der Waals surface area contributed by atoms with E-state index in [1.54, 1.807) is 23.9 Å². The van der Waals surface area contributed by atoms with Gasteiger partial charge in [-0.3, -0.25) is 19.6 Å². The quantitative estimate of drug-likeness (QED) is 0.157. The van der Waals surface area contributed by atoms with E-state index in [-0.39, 0.29) is 24.4 Å². The Morgan fingerprint density at radius 2 is 2.00 bits per heavy atom. The molecule has 2 aromatic carbocycles. The number of aliphatic hydroxyl groups is 2. The molecule has 2 atom stereocenters. The van der Waals surface area contributed by atoms with Crippen LogP contribution >= 0.6 is 22.6 Å².